The maximum Gasteiger partial charge on any atom is 0.0912 e. The van der Waals surface area contributed by atoms with Gasteiger partial charge in [-0.2, -0.15) is 0 Å². The average Bonchev–Trinajstić information content (AvgIpc) is 2.13. The minimum atomic E-state index is 0.129. The van der Waals surface area contributed by atoms with E-state index in [1.807, 2.05) is 7.11 Å². The first kappa shape index (κ1) is 9.13. The molecule has 3 nitrogen and oxygen atoms in total. The van der Waals surface area contributed by atoms with E-state index in [1.54, 1.807) is 0 Å². The van der Waals surface area contributed by atoms with Crippen molar-refractivity contribution in [3.63, 3.8) is 0 Å². The van der Waals surface area contributed by atoms with Crippen LogP contribution in [0.15, 0.2) is 0 Å². The Morgan fingerprint density at radius 1 is 1.43 bits per heavy atom. The van der Waals surface area contributed by atoms with Crippen LogP contribution >= 0.6 is 0 Å². The van der Waals surface area contributed by atoms with E-state index in [4.69, 9.17) is 9.47 Å². The van der Waals surface area contributed by atoms with Crippen LogP contribution in [0.1, 0.15) is 25.7 Å². The SMILES string of the molecule is COC1CC2(CNCCO2)C12CCC2. The van der Waals surface area contributed by atoms with Crippen molar-refractivity contribution in [3.8, 4) is 0 Å². The van der Waals surface area contributed by atoms with Gasteiger partial charge in [0.2, 0.25) is 0 Å². The Bertz CT molecular complexity index is 231. The van der Waals surface area contributed by atoms with Crippen molar-refractivity contribution in [2.45, 2.75) is 37.4 Å². The summed E-state index contributed by atoms with van der Waals surface area (Å²) in [5, 5.41) is 3.46. The zero-order valence-electron chi connectivity index (χ0n) is 8.84. The lowest BCUT2D eigenvalue weighted by molar-refractivity contribution is -0.305. The molecule has 2 unspecified atom stereocenters. The van der Waals surface area contributed by atoms with E-state index in [9.17, 15) is 0 Å². The lowest BCUT2D eigenvalue weighted by Gasteiger charge is -2.68. The van der Waals surface area contributed by atoms with Gasteiger partial charge in [-0.3, -0.25) is 0 Å². The summed E-state index contributed by atoms with van der Waals surface area (Å²) in [7, 11) is 1.84. The molecule has 0 radical (unpaired) electrons. The lowest BCUT2D eigenvalue weighted by atomic mass is 9.45. The van der Waals surface area contributed by atoms with Crippen LogP contribution < -0.4 is 5.32 Å². The van der Waals surface area contributed by atoms with Crippen LogP contribution in [0.2, 0.25) is 0 Å². The molecular weight excluding hydrogens is 178 g/mol. The standard InChI is InChI=1S/C11H19NO2/c1-13-9-7-11(8-12-5-6-14-11)10(9)3-2-4-10/h9,12H,2-8H2,1H3. The fourth-order valence-corrected chi connectivity index (χ4v) is 3.62. The van der Waals surface area contributed by atoms with E-state index >= 15 is 0 Å². The van der Waals surface area contributed by atoms with Gasteiger partial charge in [0.05, 0.1) is 18.3 Å². The highest BCUT2D eigenvalue weighted by Crippen LogP contribution is 2.64. The number of hydrogen-bond acceptors (Lipinski definition) is 3. The number of morpholine rings is 1. The monoisotopic (exact) mass is 197 g/mol. The minimum Gasteiger partial charge on any atom is -0.381 e. The molecule has 1 saturated heterocycles. The maximum atomic E-state index is 6.05. The minimum absolute atomic E-state index is 0.129. The first-order chi connectivity index (χ1) is 6.83. The van der Waals surface area contributed by atoms with Gasteiger partial charge in [0, 0.05) is 32.0 Å². The van der Waals surface area contributed by atoms with Crippen molar-refractivity contribution >= 4 is 0 Å². The first-order valence-corrected chi connectivity index (χ1v) is 5.70. The normalized spacial score (nSPS) is 44.8. The predicted octanol–water partition coefficient (Wildman–Crippen LogP) is 0.934. The van der Waals surface area contributed by atoms with Gasteiger partial charge in [-0.05, 0) is 12.8 Å². The van der Waals surface area contributed by atoms with Crippen molar-refractivity contribution in [1.29, 1.82) is 0 Å². The van der Waals surface area contributed by atoms with Crippen LogP contribution in [0.25, 0.3) is 0 Å². The van der Waals surface area contributed by atoms with E-state index in [0.29, 0.717) is 11.5 Å². The Kier molecular flexibility index (Phi) is 1.92. The van der Waals surface area contributed by atoms with Crippen LogP contribution in [0, 0.1) is 5.41 Å². The molecule has 0 amide bonds. The number of methoxy groups -OCH3 is 1. The van der Waals surface area contributed by atoms with Crippen LogP contribution in [0.5, 0.6) is 0 Å². The summed E-state index contributed by atoms with van der Waals surface area (Å²) in [4.78, 5) is 0. The molecule has 3 heteroatoms. The van der Waals surface area contributed by atoms with Gasteiger partial charge in [-0.25, -0.2) is 0 Å². The molecule has 2 saturated carbocycles. The van der Waals surface area contributed by atoms with Gasteiger partial charge in [-0.1, -0.05) is 6.42 Å². The third kappa shape index (κ3) is 0.884. The van der Waals surface area contributed by atoms with Gasteiger partial charge in [0.1, 0.15) is 0 Å². The Morgan fingerprint density at radius 2 is 2.29 bits per heavy atom. The molecule has 0 bridgehead atoms. The van der Waals surface area contributed by atoms with Crippen LogP contribution in [-0.4, -0.2) is 38.5 Å². The largest absolute Gasteiger partial charge is 0.381 e. The third-order valence-electron chi connectivity index (χ3n) is 4.64. The van der Waals surface area contributed by atoms with Crippen LogP contribution in [0.3, 0.4) is 0 Å². The van der Waals surface area contributed by atoms with Gasteiger partial charge < -0.3 is 14.8 Å². The Balaban J connectivity index is 1.81. The second-order valence-electron chi connectivity index (χ2n) is 4.96. The number of rotatable bonds is 1. The maximum absolute atomic E-state index is 6.05. The van der Waals surface area contributed by atoms with Crippen molar-refractivity contribution in [2.75, 3.05) is 26.8 Å². The number of hydrogen-bond donors (Lipinski definition) is 1. The molecule has 0 aromatic heterocycles. The van der Waals surface area contributed by atoms with E-state index in [0.717, 1.165) is 26.1 Å². The molecule has 80 valence electrons. The molecule has 14 heavy (non-hydrogen) atoms. The van der Waals surface area contributed by atoms with Gasteiger partial charge >= 0.3 is 0 Å². The smallest absolute Gasteiger partial charge is 0.0912 e. The molecule has 0 aromatic carbocycles. The number of nitrogens with one attached hydrogen (secondary N) is 1. The Labute approximate surface area is 85.1 Å². The molecule has 0 aromatic rings. The quantitative estimate of drug-likeness (QED) is 0.678. The molecule has 2 spiro atoms. The molecular formula is C11H19NO2. The Morgan fingerprint density at radius 3 is 2.79 bits per heavy atom. The second kappa shape index (κ2) is 2.94. The third-order valence-corrected chi connectivity index (χ3v) is 4.64. The molecule has 2 aliphatic carbocycles. The summed E-state index contributed by atoms with van der Waals surface area (Å²) in [5.41, 5.74) is 0.499. The zero-order chi connectivity index (χ0) is 9.65. The zero-order valence-corrected chi connectivity index (χ0v) is 8.84. The molecule has 1 N–H and O–H groups in total. The van der Waals surface area contributed by atoms with Gasteiger partial charge in [0.25, 0.3) is 0 Å². The topological polar surface area (TPSA) is 30.5 Å². The molecule has 2 atom stereocenters. The van der Waals surface area contributed by atoms with Crippen LogP contribution in [0.4, 0.5) is 0 Å². The fraction of sp³-hybridized carbons (Fsp3) is 1.00. The summed E-state index contributed by atoms with van der Waals surface area (Å²) < 4.78 is 11.6. The highest BCUT2D eigenvalue weighted by atomic mass is 16.5. The molecule has 3 aliphatic rings. The average molecular weight is 197 g/mol. The fourth-order valence-electron chi connectivity index (χ4n) is 3.62. The summed E-state index contributed by atoms with van der Waals surface area (Å²) >= 11 is 0. The first-order valence-electron chi connectivity index (χ1n) is 5.70. The van der Waals surface area contributed by atoms with Gasteiger partial charge in [-0.15, -0.1) is 0 Å². The van der Waals surface area contributed by atoms with E-state index in [2.05, 4.69) is 5.32 Å². The highest BCUT2D eigenvalue weighted by Gasteiger charge is 2.69. The van der Waals surface area contributed by atoms with Crippen molar-refractivity contribution < 1.29 is 9.47 Å². The number of fused-ring (bicyclic) bond motifs is 1. The van der Waals surface area contributed by atoms with E-state index in [-0.39, 0.29) is 5.60 Å². The number of ether oxygens (including phenoxy) is 2. The van der Waals surface area contributed by atoms with Crippen molar-refractivity contribution in [3.05, 3.63) is 0 Å². The summed E-state index contributed by atoms with van der Waals surface area (Å²) in [5.74, 6) is 0. The van der Waals surface area contributed by atoms with Gasteiger partial charge in [0.15, 0.2) is 0 Å². The summed E-state index contributed by atoms with van der Waals surface area (Å²) in [6, 6.07) is 0. The van der Waals surface area contributed by atoms with E-state index < -0.39 is 0 Å². The summed E-state index contributed by atoms with van der Waals surface area (Å²) in [6.45, 7) is 2.92. The second-order valence-corrected chi connectivity index (χ2v) is 4.96. The van der Waals surface area contributed by atoms with Crippen molar-refractivity contribution in [2.24, 2.45) is 5.41 Å². The molecule has 3 fully saturated rings. The molecule has 3 rings (SSSR count). The van der Waals surface area contributed by atoms with Crippen LogP contribution in [-0.2, 0) is 9.47 Å². The molecule has 1 heterocycles. The predicted molar refractivity (Wildman–Crippen MR) is 53.3 cm³/mol. The highest BCUT2D eigenvalue weighted by molar-refractivity contribution is 5.20. The van der Waals surface area contributed by atoms with E-state index in [1.165, 1.54) is 19.3 Å². The summed E-state index contributed by atoms with van der Waals surface area (Å²) in [6.07, 6.45) is 5.50. The van der Waals surface area contributed by atoms with Crippen molar-refractivity contribution in [1.82, 2.24) is 5.32 Å². The lowest BCUT2D eigenvalue weighted by Crippen LogP contribution is -2.75. The molecule has 1 aliphatic heterocycles. The Hall–Kier alpha value is -0.120.